The van der Waals surface area contributed by atoms with Crippen LogP contribution in [0.5, 0.6) is 0 Å². The molecule has 110 valence electrons. The van der Waals surface area contributed by atoms with Gasteiger partial charge in [0.05, 0.1) is 0 Å². The highest BCUT2D eigenvalue weighted by Crippen LogP contribution is 2.41. The molecular formula is C18H28N2. The topological polar surface area (TPSA) is 29.3 Å². The Bertz CT molecular complexity index is 448. The van der Waals surface area contributed by atoms with E-state index in [1.165, 1.54) is 50.8 Å². The van der Waals surface area contributed by atoms with Gasteiger partial charge < -0.3 is 10.6 Å². The SMILES string of the molecule is CN1CCCC(c2ccccc2C2(N)CCCC2)CC1. The van der Waals surface area contributed by atoms with Crippen LogP contribution in [0, 0.1) is 0 Å². The van der Waals surface area contributed by atoms with Crippen LogP contribution in [-0.4, -0.2) is 25.0 Å². The molecule has 1 saturated carbocycles. The second-order valence-corrected chi connectivity index (χ2v) is 6.88. The monoisotopic (exact) mass is 272 g/mol. The third kappa shape index (κ3) is 2.77. The first-order valence-electron chi connectivity index (χ1n) is 8.26. The number of rotatable bonds is 2. The predicted molar refractivity (Wildman–Crippen MR) is 84.9 cm³/mol. The summed E-state index contributed by atoms with van der Waals surface area (Å²) in [7, 11) is 2.25. The molecular weight excluding hydrogens is 244 g/mol. The first-order valence-corrected chi connectivity index (χ1v) is 8.26. The third-order valence-electron chi connectivity index (χ3n) is 5.38. The van der Waals surface area contributed by atoms with Crippen LogP contribution in [0.1, 0.15) is 62.0 Å². The Hall–Kier alpha value is -0.860. The minimum atomic E-state index is -0.0468. The molecule has 0 spiro atoms. The Labute approximate surface area is 123 Å². The zero-order valence-corrected chi connectivity index (χ0v) is 12.8. The summed E-state index contributed by atoms with van der Waals surface area (Å²) in [6.07, 6.45) is 8.82. The molecule has 2 fully saturated rings. The summed E-state index contributed by atoms with van der Waals surface area (Å²) in [4.78, 5) is 2.47. The Kier molecular flexibility index (Phi) is 4.13. The standard InChI is InChI=1S/C18H28N2/c1-20-13-6-7-15(10-14-20)16-8-2-3-9-17(16)18(19)11-4-5-12-18/h2-3,8-9,15H,4-7,10-14,19H2,1H3. The Balaban J connectivity index is 1.89. The van der Waals surface area contributed by atoms with Gasteiger partial charge in [-0.05, 0) is 69.3 Å². The molecule has 1 aliphatic heterocycles. The maximum absolute atomic E-state index is 6.74. The van der Waals surface area contributed by atoms with Crippen LogP contribution < -0.4 is 5.73 Å². The van der Waals surface area contributed by atoms with Crippen LogP contribution in [0.2, 0.25) is 0 Å². The summed E-state index contributed by atoms with van der Waals surface area (Å²) in [6, 6.07) is 9.02. The summed E-state index contributed by atoms with van der Waals surface area (Å²) in [6.45, 7) is 2.46. The summed E-state index contributed by atoms with van der Waals surface area (Å²) >= 11 is 0. The fourth-order valence-electron chi connectivity index (χ4n) is 4.13. The van der Waals surface area contributed by atoms with Gasteiger partial charge >= 0.3 is 0 Å². The average molecular weight is 272 g/mol. The van der Waals surface area contributed by atoms with Crippen LogP contribution in [0.15, 0.2) is 24.3 Å². The van der Waals surface area contributed by atoms with Crippen LogP contribution in [0.3, 0.4) is 0 Å². The molecule has 2 heteroatoms. The van der Waals surface area contributed by atoms with E-state index in [0.29, 0.717) is 5.92 Å². The summed E-state index contributed by atoms with van der Waals surface area (Å²) in [5.74, 6) is 0.706. The summed E-state index contributed by atoms with van der Waals surface area (Å²) in [5, 5.41) is 0. The molecule has 2 aliphatic rings. The number of likely N-dealkylation sites (tertiary alicyclic amines) is 1. The van der Waals surface area contributed by atoms with E-state index in [-0.39, 0.29) is 5.54 Å². The van der Waals surface area contributed by atoms with E-state index in [1.807, 2.05) is 0 Å². The second kappa shape index (κ2) is 5.87. The van der Waals surface area contributed by atoms with Gasteiger partial charge in [0.2, 0.25) is 0 Å². The van der Waals surface area contributed by atoms with Crippen LogP contribution >= 0.6 is 0 Å². The molecule has 0 amide bonds. The van der Waals surface area contributed by atoms with Gasteiger partial charge in [-0.2, -0.15) is 0 Å². The number of nitrogens with two attached hydrogens (primary N) is 1. The first kappa shape index (κ1) is 14.1. The maximum atomic E-state index is 6.74. The second-order valence-electron chi connectivity index (χ2n) is 6.88. The minimum Gasteiger partial charge on any atom is -0.321 e. The lowest BCUT2D eigenvalue weighted by atomic mass is 9.79. The molecule has 1 aromatic rings. The molecule has 0 aromatic heterocycles. The highest BCUT2D eigenvalue weighted by Gasteiger charge is 2.34. The lowest BCUT2D eigenvalue weighted by molar-refractivity contribution is 0.347. The van der Waals surface area contributed by atoms with Crippen molar-refractivity contribution < 1.29 is 0 Å². The van der Waals surface area contributed by atoms with Gasteiger partial charge in [0.25, 0.3) is 0 Å². The number of nitrogens with zero attached hydrogens (tertiary/aromatic N) is 1. The van der Waals surface area contributed by atoms with E-state index in [9.17, 15) is 0 Å². The molecule has 2 N–H and O–H groups in total. The molecule has 1 aliphatic carbocycles. The Morgan fingerprint density at radius 2 is 1.80 bits per heavy atom. The largest absolute Gasteiger partial charge is 0.321 e. The Morgan fingerprint density at radius 3 is 2.60 bits per heavy atom. The molecule has 1 atom stereocenters. The number of hydrogen-bond acceptors (Lipinski definition) is 2. The van der Waals surface area contributed by atoms with E-state index in [0.717, 1.165) is 12.8 Å². The van der Waals surface area contributed by atoms with Gasteiger partial charge in [-0.1, -0.05) is 37.1 Å². The van der Waals surface area contributed by atoms with Crippen molar-refractivity contribution in [3.05, 3.63) is 35.4 Å². The van der Waals surface area contributed by atoms with E-state index < -0.39 is 0 Å². The van der Waals surface area contributed by atoms with Crippen LogP contribution in [0.4, 0.5) is 0 Å². The fourth-order valence-corrected chi connectivity index (χ4v) is 4.13. The van der Waals surface area contributed by atoms with Crippen LogP contribution in [0.25, 0.3) is 0 Å². The molecule has 0 bridgehead atoms. The normalized spacial score (nSPS) is 27.4. The highest BCUT2D eigenvalue weighted by atomic mass is 15.1. The van der Waals surface area contributed by atoms with E-state index in [1.54, 1.807) is 5.56 Å². The Morgan fingerprint density at radius 1 is 1.05 bits per heavy atom. The van der Waals surface area contributed by atoms with E-state index >= 15 is 0 Å². The first-order chi connectivity index (χ1) is 9.69. The van der Waals surface area contributed by atoms with Crippen molar-refractivity contribution in [2.45, 2.75) is 56.4 Å². The van der Waals surface area contributed by atoms with Gasteiger partial charge in [-0.15, -0.1) is 0 Å². The van der Waals surface area contributed by atoms with Crippen LogP contribution in [-0.2, 0) is 5.54 Å². The summed E-state index contributed by atoms with van der Waals surface area (Å²) in [5.41, 5.74) is 9.70. The maximum Gasteiger partial charge on any atom is 0.0412 e. The van der Waals surface area contributed by atoms with Crippen molar-refractivity contribution >= 4 is 0 Å². The summed E-state index contributed by atoms with van der Waals surface area (Å²) < 4.78 is 0. The van der Waals surface area contributed by atoms with Crippen molar-refractivity contribution in [3.8, 4) is 0 Å². The predicted octanol–water partition coefficient (Wildman–Crippen LogP) is 3.61. The highest BCUT2D eigenvalue weighted by molar-refractivity contribution is 5.37. The van der Waals surface area contributed by atoms with Crippen molar-refractivity contribution in [1.29, 1.82) is 0 Å². The quantitative estimate of drug-likeness (QED) is 0.891. The van der Waals surface area contributed by atoms with Gasteiger partial charge in [-0.3, -0.25) is 0 Å². The third-order valence-corrected chi connectivity index (χ3v) is 5.38. The molecule has 1 unspecified atom stereocenters. The molecule has 20 heavy (non-hydrogen) atoms. The van der Waals surface area contributed by atoms with Gasteiger partial charge in [0, 0.05) is 5.54 Å². The number of hydrogen-bond donors (Lipinski definition) is 1. The van der Waals surface area contributed by atoms with E-state index in [2.05, 4.69) is 36.2 Å². The van der Waals surface area contributed by atoms with Crippen molar-refractivity contribution in [1.82, 2.24) is 4.90 Å². The fraction of sp³-hybridized carbons (Fsp3) is 0.667. The minimum absolute atomic E-state index is 0.0468. The van der Waals surface area contributed by atoms with Gasteiger partial charge in [0.1, 0.15) is 0 Å². The van der Waals surface area contributed by atoms with Crippen molar-refractivity contribution in [3.63, 3.8) is 0 Å². The zero-order valence-electron chi connectivity index (χ0n) is 12.8. The molecule has 1 aromatic carbocycles. The van der Waals surface area contributed by atoms with Crippen molar-refractivity contribution in [2.75, 3.05) is 20.1 Å². The smallest absolute Gasteiger partial charge is 0.0412 e. The lowest BCUT2D eigenvalue weighted by Crippen LogP contribution is -2.34. The number of benzene rings is 1. The molecule has 1 heterocycles. The van der Waals surface area contributed by atoms with Gasteiger partial charge in [-0.25, -0.2) is 0 Å². The lowest BCUT2D eigenvalue weighted by Gasteiger charge is -2.30. The molecule has 3 rings (SSSR count). The molecule has 1 saturated heterocycles. The van der Waals surface area contributed by atoms with E-state index in [4.69, 9.17) is 5.73 Å². The molecule has 0 radical (unpaired) electrons. The zero-order chi connectivity index (χ0) is 14.0. The average Bonchev–Trinajstić information content (AvgIpc) is 2.79. The molecule has 2 nitrogen and oxygen atoms in total. The van der Waals surface area contributed by atoms with Crippen molar-refractivity contribution in [2.24, 2.45) is 5.73 Å². The van der Waals surface area contributed by atoms with Gasteiger partial charge in [0.15, 0.2) is 0 Å².